The topological polar surface area (TPSA) is 77.1 Å². The molecule has 176 valence electrons. The standard InChI is InChI=1S/C25H29BrN2O5/c1-16-6-5-11-28(15-16)25(30)20(27-24(29)18-7-9-19(26)10-8-18)12-17-13-21(31-2)23(33-4)22(14-17)32-3/h7-10,12-14,16H,5-6,11,15H2,1-4H3,(H,27,29). The second-order valence-corrected chi connectivity index (χ2v) is 8.89. The summed E-state index contributed by atoms with van der Waals surface area (Å²) in [6, 6.07) is 10.4. The molecule has 0 spiro atoms. The van der Waals surface area contributed by atoms with E-state index in [2.05, 4.69) is 28.2 Å². The first-order chi connectivity index (χ1) is 15.9. The number of amides is 2. The van der Waals surface area contributed by atoms with E-state index in [0.717, 1.165) is 17.3 Å². The molecule has 2 aromatic rings. The number of rotatable bonds is 7. The number of ether oxygens (including phenoxy) is 3. The summed E-state index contributed by atoms with van der Waals surface area (Å²) in [6.45, 7) is 3.44. The van der Waals surface area contributed by atoms with Crippen LogP contribution >= 0.6 is 15.9 Å². The molecular weight excluding hydrogens is 488 g/mol. The molecule has 0 radical (unpaired) electrons. The van der Waals surface area contributed by atoms with Gasteiger partial charge in [-0.05, 0) is 66.8 Å². The normalized spacial score (nSPS) is 16.2. The number of benzene rings is 2. The Balaban J connectivity index is 2.00. The van der Waals surface area contributed by atoms with Crippen molar-refractivity contribution >= 4 is 33.8 Å². The van der Waals surface area contributed by atoms with E-state index in [-0.39, 0.29) is 17.5 Å². The van der Waals surface area contributed by atoms with Gasteiger partial charge in [0.25, 0.3) is 11.8 Å². The van der Waals surface area contributed by atoms with Gasteiger partial charge in [-0.2, -0.15) is 0 Å². The first-order valence-electron chi connectivity index (χ1n) is 10.7. The number of carbonyl (C=O) groups is 2. The minimum Gasteiger partial charge on any atom is -0.493 e. The zero-order valence-electron chi connectivity index (χ0n) is 19.3. The lowest BCUT2D eigenvalue weighted by atomic mass is 10.00. The number of halogens is 1. The maximum absolute atomic E-state index is 13.4. The van der Waals surface area contributed by atoms with Crippen LogP contribution in [0.25, 0.3) is 6.08 Å². The lowest BCUT2D eigenvalue weighted by Gasteiger charge is -2.31. The number of piperidine rings is 1. The summed E-state index contributed by atoms with van der Waals surface area (Å²) in [6.07, 6.45) is 3.66. The second-order valence-electron chi connectivity index (χ2n) is 7.98. The quantitative estimate of drug-likeness (QED) is 0.548. The van der Waals surface area contributed by atoms with Crippen molar-refractivity contribution < 1.29 is 23.8 Å². The Kier molecular flexibility index (Phi) is 8.38. The molecule has 1 saturated heterocycles. The van der Waals surface area contributed by atoms with E-state index in [1.54, 1.807) is 47.4 Å². The highest BCUT2D eigenvalue weighted by Gasteiger charge is 2.25. The van der Waals surface area contributed by atoms with E-state index < -0.39 is 0 Å². The van der Waals surface area contributed by atoms with Gasteiger partial charge in [0.15, 0.2) is 11.5 Å². The number of likely N-dealkylation sites (tertiary alicyclic amines) is 1. The number of nitrogens with zero attached hydrogens (tertiary/aromatic N) is 1. The van der Waals surface area contributed by atoms with Gasteiger partial charge in [0.05, 0.1) is 21.3 Å². The summed E-state index contributed by atoms with van der Waals surface area (Å²) < 4.78 is 17.1. The van der Waals surface area contributed by atoms with Gasteiger partial charge in [0.1, 0.15) is 5.70 Å². The van der Waals surface area contributed by atoms with Crippen LogP contribution in [-0.4, -0.2) is 51.1 Å². The Bertz CT molecular complexity index is 1010. The predicted molar refractivity (Wildman–Crippen MR) is 131 cm³/mol. The Morgan fingerprint density at radius 1 is 1.06 bits per heavy atom. The third kappa shape index (κ3) is 6.07. The third-order valence-electron chi connectivity index (χ3n) is 5.53. The van der Waals surface area contributed by atoms with E-state index >= 15 is 0 Å². The van der Waals surface area contributed by atoms with Crippen molar-refractivity contribution in [3.05, 3.63) is 57.7 Å². The highest BCUT2D eigenvalue weighted by molar-refractivity contribution is 9.10. The Morgan fingerprint density at radius 3 is 2.24 bits per heavy atom. The summed E-state index contributed by atoms with van der Waals surface area (Å²) in [5.41, 5.74) is 1.27. The van der Waals surface area contributed by atoms with Gasteiger partial charge in [-0.1, -0.05) is 22.9 Å². The molecule has 1 fully saturated rings. The van der Waals surface area contributed by atoms with Crippen molar-refractivity contribution in [3.63, 3.8) is 0 Å². The molecule has 1 aliphatic rings. The summed E-state index contributed by atoms with van der Waals surface area (Å²) in [4.78, 5) is 28.2. The maximum atomic E-state index is 13.4. The largest absolute Gasteiger partial charge is 0.493 e. The van der Waals surface area contributed by atoms with Crippen molar-refractivity contribution in [2.75, 3.05) is 34.4 Å². The van der Waals surface area contributed by atoms with Gasteiger partial charge in [-0.3, -0.25) is 9.59 Å². The van der Waals surface area contributed by atoms with Gasteiger partial charge in [-0.15, -0.1) is 0 Å². The lowest BCUT2D eigenvalue weighted by Crippen LogP contribution is -2.43. The fourth-order valence-corrected chi connectivity index (χ4v) is 4.11. The molecule has 1 heterocycles. The zero-order chi connectivity index (χ0) is 24.0. The average molecular weight is 517 g/mol. The molecule has 1 N–H and O–H groups in total. The number of nitrogens with one attached hydrogen (secondary N) is 1. The van der Waals surface area contributed by atoms with Gasteiger partial charge in [0, 0.05) is 23.1 Å². The summed E-state index contributed by atoms with van der Waals surface area (Å²) in [5, 5.41) is 2.82. The molecule has 1 aliphatic heterocycles. The van der Waals surface area contributed by atoms with Crippen LogP contribution in [0, 0.1) is 5.92 Å². The van der Waals surface area contributed by atoms with Crippen molar-refractivity contribution in [3.8, 4) is 17.2 Å². The average Bonchev–Trinajstić information content (AvgIpc) is 2.82. The van der Waals surface area contributed by atoms with Gasteiger partial charge in [0.2, 0.25) is 5.75 Å². The fourth-order valence-electron chi connectivity index (χ4n) is 3.84. The van der Waals surface area contributed by atoms with Gasteiger partial charge in [-0.25, -0.2) is 0 Å². The SMILES string of the molecule is COc1cc(C=C(NC(=O)c2ccc(Br)cc2)C(=O)N2CCCC(C)C2)cc(OC)c1OC. The molecule has 7 nitrogen and oxygen atoms in total. The number of carbonyl (C=O) groups excluding carboxylic acids is 2. The summed E-state index contributed by atoms with van der Waals surface area (Å²) in [7, 11) is 4.59. The fraction of sp³-hybridized carbons (Fsp3) is 0.360. The molecule has 33 heavy (non-hydrogen) atoms. The Labute approximate surface area is 202 Å². The zero-order valence-corrected chi connectivity index (χ0v) is 20.9. The molecule has 1 atom stereocenters. The summed E-state index contributed by atoms with van der Waals surface area (Å²) in [5.74, 6) is 1.20. The van der Waals surface area contributed by atoms with Crippen LogP contribution in [0.4, 0.5) is 0 Å². The number of hydrogen-bond donors (Lipinski definition) is 1. The molecular formula is C25H29BrN2O5. The van der Waals surface area contributed by atoms with Crippen LogP contribution in [0.15, 0.2) is 46.6 Å². The highest BCUT2D eigenvalue weighted by atomic mass is 79.9. The van der Waals surface area contributed by atoms with Gasteiger partial charge >= 0.3 is 0 Å². The summed E-state index contributed by atoms with van der Waals surface area (Å²) >= 11 is 3.37. The van der Waals surface area contributed by atoms with Crippen LogP contribution < -0.4 is 19.5 Å². The second kappa shape index (κ2) is 11.2. The van der Waals surface area contributed by atoms with Crippen molar-refractivity contribution in [2.45, 2.75) is 19.8 Å². The first kappa shape index (κ1) is 24.6. The molecule has 2 amide bonds. The van der Waals surface area contributed by atoms with E-state index in [9.17, 15) is 9.59 Å². The third-order valence-corrected chi connectivity index (χ3v) is 6.06. The minimum atomic E-state index is -0.361. The monoisotopic (exact) mass is 516 g/mol. The molecule has 2 aromatic carbocycles. The van der Waals surface area contributed by atoms with Gasteiger partial charge < -0.3 is 24.4 Å². The maximum Gasteiger partial charge on any atom is 0.270 e. The van der Waals surface area contributed by atoms with E-state index in [4.69, 9.17) is 14.2 Å². The molecule has 3 rings (SSSR count). The smallest absolute Gasteiger partial charge is 0.270 e. The van der Waals surface area contributed by atoms with E-state index in [1.807, 2.05) is 0 Å². The van der Waals surface area contributed by atoms with Crippen LogP contribution in [0.2, 0.25) is 0 Å². The van der Waals surface area contributed by atoms with Crippen molar-refractivity contribution in [1.82, 2.24) is 10.2 Å². The molecule has 0 saturated carbocycles. The molecule has 0 bridgehead atoms. The Morgan fingerprint density at radius 2 is 1.70 bits per heavy atom. The number of hydrogen-bond acceptors (Lipinski definition) is 5. The van der Waals surface area contributed by atoms with Crippen LogP contribution in [0.3, 0.4) is 0 Å². The Hall–Kier alpha value is -3.00. The van der Waals surface area contributed by atoms with Crippen LogP contribution in [0.5, 0.6) is 17.2 Å². The minimum absolute atomic E-state index is 0.186. The molecule has 0 aliphatic carbocycles. The van der Waals surface area contributed by atoms with Crippen molar-refractivity contribution in [2.24, 2.45) is 5.92 Å². The highest BCUT2D eigenvalue weighted by Crippen LogP contribution is 2.38. The van der Waals surface area contributed by atoms with Crippen LogP contribution in [0.1, 0.15) is 35.7 Å². The van der Waals surface area contributed by atoms with Crippen molar-refractivity contribution in [1.29, 1.82) is 0 Å². The van der Waals surface area contributed by atoms with E-state index in [0.29, 0.717) is 47.4 Å². The molecule has 8 heteroatoms. The van der Waals surface area contributed by atoms with Crippen LogP contribution in [-0.2, 0) is 4.79 Å². The lowest BCUT2D eigenvalue weighted by molar-refractivity contribution is -0.129. The van der Waals surface area contributed by atoms with E-state index in [1.165, 1.54) is 21.3 Å². The number of methoxy groups -OCH3 is 3. The molecule has 1 unspecified atom stereocenters. The first-order valence-corrected chi connectivity index (χ1v) is 11.5. The predicted octanol–water partition coefficient (Wildman–Crippen LogP) is 4.50. The molecule has 0 aromatic heterocycles.